The van der Waals surface area contributed by atoms with Gasteiger partial charge in [-0.25, -0.2) is 0 Å². The number of allylic oxidation sites excluding steroid dienone is 1. The Morgan fingerprint density at radius 2 is 1.95 bits per heavy atom. The Labute approximate surface area is 123 Å². The molecule has 1 aromatic rings. The van der Waals surface area contributed by atoms with Crippen molar-refractivity contribution in [2.75, 3.05) is 20.3 Å². The second-order valence-electron chi connectivity index (χ2n) is 4.73. The highest BCUT2D eigenvalue weighted by Crippen LogP contribution is 2.28. The van der Waals surface area contributed by atoms with Crippen molar-refractivity contribution in [1.29, 1.82) is 0 Å². The molecule has 1 rings (SSSR count). The molecule has 0 unspecified atom stereocenters. The average Bonchev–Trinajstić information content (AvgIpc) is 2.48. The summed E-state index contributed by atoms with van der Waals surface area (Å²) in [5.74, 6) is 1.58. The van der Waals surface area contributed by atoms with Crippen LogP contribution in [0, 0.1) is 0 Å². The molecule has 0 aliphatic heterocycles. The number of benzene rings is 1. The lowest BCUT2D eigenvalue weighted by Gasteiger charge is -2.16. The van der Waals surface area contributed by atoms with Gasteiger partial charge in [-0.05, 0) is 37.5 Å². The number of ether oxygens (including phenoxy) is 2. The van der Waals surface area contributed by atoms with Gasteiger partial charge in [-0.1, -0.05) is 32.1 Å². The largest absolute Gasteiger partial charge is 0.493 e. The lowest BCUT2D eigenvalue weighted by atomic mass is 10.2. The Hall–Kier alpha value is -1.48. The molecular weight excluding hydrogens is 250 g/mol. The van der Waals surface area contributed by atoms with Gasteiger partial charge in [0.1, 0.15) is 6.61 Å². The minimum Gasteiger partial charge on any atom is -0.493 e. The quantitative estimate of drug-likeness (QED) is 0.695. The van der Waals surface area contributed by atoms with Gasteiger partial charge in [0.05, 0.1) is 7.11 Å². The van der Waals surface area contributed by atoms with Crippen molar-refractivity contribution in [3.05, 3.63) is 29.8 Å². The van der Waals surface area contributed by atoms with Crippen molar-refractivity contribution in [3.63, 3.8) is 0 Å². The summed E-state index contributed by atoms with van der Waals surface area (Å²) in [5.41, 5.74) is 1.12. The fourth-order valence-electron chi connectivity index (χ4n) is 2.10. The Balaban J connectivity index is 2.51. The zero-order valence-corrected chi connectivity index (χ0v) is 13.1. The minimum atomic E-state index is 0.581. The van der Waals surface area contributed by atoms with Crippen molar-refractivity contribution in [2.24, 2.45) is 0 Å². The van der Waals surface area contributed by atoms with E-state index in [-0.39, 0.29) is 0 Å². The second-order valence-corrected chi connectivity index (χ2v) is 4.73. The van der Waals surface area contributed by atoms with Crippen LogP contribution in [0.25, 0.3) is 6.08 Å². The molecule has 1 aromatic carbocycles. The molecule has 20 heavy (non-hydrogen) atoms. The number of hydrogen-bond donors (Lipinski definition) is 1. The van der Waals surface area contributed by atoms with Gasteiger partial charge in [-0.3, -0.25) is 0 Å². The van der Waals surface area contributed by atoms with Gasteiger partial charge in [-0.15, -0.1) is 0 Å². The van der Waals surface area contributed by atoms with Crippen LogP contribution in [0.2, 0.25) is 0 Å². The number of nitrogens with one attached hydrogen (secondary N) is 1. The molecule has 3 heteroatoms. The number of rotatable bonds is 9. The van der Waals surface area contributed by atoms with Crippen molar-refractivity contribution in [2.45, 2.75) is 39.7 Å². The van der Waals surface area contributed by atoms with E-state index in [0.29, 0.717) is 12.6 Å². The van der Waals surface area contributed by atoms with E-state index in [1.54, 1.807) is 7.11 Å². The molecule has 0 heterocycles. The standard InChI is InChI=1S/C17H27NO2/c1-5-8-14-9-10-16(17(13-14)19-4)20-12-11-18-15(6-2)7-3/h5,8-10,13,15,18H,6-7,11-12H2,1-4H3. The third-order valence-corrected chi connectivity index (χ3v) is 3.33. The maximum atomic E-state index is 5.79. The Bertz CT molecular complexity index is 411. The fraction of sp³-hybridized carbons (Fsp3) is 0.529. The van der Waals surface area contributed by atoms with Crippen molar-refractivity contribution < 1.29 is 9.47 Å². The van der Waals surface area contributed by atoms with E-state index in [1.807, 2.05) is 37.3 Å². The minimum absolute atomic E-state index is 0.581. The molecule has 0 aromatic heterocycles. The summed E-state index contributed by atoms with van der Waals surface area (Å²) in [6.07, 6.45) is 6.35. The monoisotopic (exact) mass is 277 g/mol. The van der Waals surface area contributed by atoms with Gasteiger partial charge in [0, 0.05) is 12.6 Å². The van der Waals surface area contributed by atoms with Crippen LogP contribution in [0.5, 0.6) is 11.5 Å². The van der Waals surface area contributed by atoms with E-state index >= 15 is 0 Å². The Morgan fingerprint density at radius 1 is 1.20 bits per heavy atom. The predicted octanol–water partition coefficient (Wildman–Crippen LogP) is 3.89. The third kappa shape index (κ3) is 5.25. The van der Waals surface area contributed by atoms with E-state index in [2.05, 4.69) is 19.2 Å². The molecule has 0 fully saturated rings. The molecule has 3 nitrogen and oxygen atoms in total. The van der Waals surface area contributed by atoms with Crippen LogP contribution < -0.4 is 14.8 Å². The van der Waals surface area contributed by atoms with E-state index < -0.39 is 0 Å². The van der Waals surface area contributed by atoms with Crippen molar-refractivity contribution >= 4 is 6.08 Å². The zero-order chi connectivity index (χ0) is 14.8. The lowest BCUT2D eigenvalue weighted by molar-refractivity contribution is 0.284. The second kappa shape index (κ2) is 9.43. The van der Waals surface area contributed by atoms with Gasteiger partial charge in [0.25, 0.3) is 0 Å². The highest BCUT2D eigenvalue weighted by molar-refractivity contribution is 5.55. The molecule has 0 radical (unpaired) electrons. The summed E-state index contributed by atoms with van der Waals surface area (Å²) in [6.45, 7) is 7.90. The molecule has 0 atom stereocenters. The molecular formula is C17H27NO2. The van der Waals surface area contributed by atoms with Gasteiger partial charge < -0.3 is 14.8 Å². The first-order valence-electron chi connectivity index (χ1n) is 7.42. The predicted molar refractivity (Wildman–Crippen MR) is 85.6 cm³/mol. The molecule has 0 spiro atoms. The molecule has 0 saturated heterocycles. The van der Waals surface area contributed by atoms with E-state index in [9.17, 15) is 0 Å². The third-order valence-electron chi connectivity index (χ3n) is 3.33. The SMILES string of the molecule is CC=Cc1ccc(OCCNC(CC)CC)c(OC)c1. The van der Waals surface area contributed by atoms with Crippen LogP contribution >= 0.6 is 0 Å². The summed E-state index contributed by atoms with van der Waals surface area (Å²) in [7, 11) is 1.67. The van der Waals surface area contributed by atoms with Gasteiger partial charge >= 0.3 is 0 Å². The number of methoxy groups -OCH3 is 1. The lowest BCUT2D eigenvalue weighted by Crippen LogP contribution is -2.31. The van der Waals surface area contributed by atoms with Crippen LogP contribution in [0.1, 0.15) is 39.2 Å². The first-order chi connectivity index (χ1) is 9.74. The molecule has 0 amide bonds. The topological polar surface area (TPSA) is 30.5 Å². The normalized spacial score (nSPS) is 11.2. The highest BCUT2D eigenvalue weighted by Gasteiger charge is 2.05. The van der Waals surface area contributed by atoms with E-state index in [1.165, 1.54) is 0 Å². The van der Waals surface area contributed by atoms with Crippen molar-refractivity contribution in [1.82, 2.24) is 5.32 Å². The van der Waals surface area contributed by atoms with Gasteiger partial charge in [0.15, 0.2) is 11.5 Å². The maximum absolute atomic E-state index is 5.79. The summed E-state index contributed by atoms with van der Waals surface area (Å²) in [4.78, 5) is 0. The molecule has 112 valence electrons. The zero-order valence-electron chi connectivity index (χ0n) is 13.1. The average molecular weight is 277 g/mol. The summed E-state index contributed by atoms with van der Waals surface area (Å²) < 4.78 is 11.2. The highest BCUT2D eigenvalue weighted by atomic mass is 16.5. The Morgan fingerprint density at radius 3 is 2.55 bits per heavy atom. The van der Waals surface area contributed by atoms with Crippen LogP contribution in [0.15, 0.2) is 24.3 Å². The van der Waals surface area contributed by atoms with E-state index in [0.717, 1.165) is 36.4 Å². The van der Waals surface area contributed by atoms with Crippen LogP contribution in [0.4, 0.5) is 0 Å². The molecule has 0 bridgehead atoms. The molecule has 0 aliphatic carbocycles. The number of hydrogen-bond acceptors (Lipinski definition) is 3. The molecule has 0 saturated carbocycles. The van der Waals surface area contributed by atoms with Gasteiger partial charge in [-0.2, -0.15) is 0 Å². The van der Waals surface area contributed by atoms with Gasteiger partial charge in [0.2, 0.25) is 0 Å². The molecule has 0 aliphatic rings. The summed E-state index contributed by atoms with van der Waals surface area (Å²) in [6, 6.07) is 6.57. The summed E-state index contributed by atoms with van der Waals surface area (Å²) in [5, 5.41) is 3.48. The van der Waals surface area contributed by atoms with Crippen LogP contribution in [0.3, 0.4) is 0 Å². The molecule has 1 N–H and O–H groups in total. The van der Waals surface area contributed by atoms with Crippen LogP contribution in [-0.4, -0.2) is 26.3 Å². The fourth-order valence-corrected chi connectivity index (χ4v) is 2.10. The first kappa shape index (κ1) is 16.6. The smallest absolute Gasteiger partial charge is 0.161 e. The maximum Gasteiger partial charge on any atom is 0.161 e. The summed E-state index contributed by atoms with van der Waals surface area (Å²) >= 11 is 0. The Kier molecular flexibility index (Phi) is 7.81. The van der Waals surface area contributed by atoms with E-state index in [4.69, 9.17) is 9.47 Å². The van der Waals surface area contributed by atoms with Crippen LogP contribution in [-0.2, 0) is 0 Å². The van der Waals surface area contributed by atoms with Crippen molar-refractivity contribution in [3.8, 4) is 11.5 Å². The first-order valence-corrected chi connectivity index (χ1v) is 7.42.